The normalized spacial score (nSPS) is 11.0. The molecule has 3 heteroatoms. The Morgan fingerprint density at radius 2 is 1.70 bits per heavy atom. The van der Waals surface area contributed by atoms with E-state index in [0.717, 1.165) is 30.0 Å². The number of rotatable bonds is 9. The molecule has 0 aliphatic rings. The van der Waals surface area contributed by atoms with Crippen molar-refractivity contribution in [1.29, 1.82) is 0 Å². The van der Waals surface area contributed by atoms with E-state index in [1.807, 2.05) is 13.0 Å². The zero-order valence-electron chi connectivity index (χ0n) is 15.1. The Bertz CT molecular complexity index is 616. The van der Waals surface area contributed by atoms with Crippen LogP contribution in [0.2, 0.25) is 0 Å². The van der Waals surface area contributed by atoms with E-state index in [9.17, 15) is 0 Å². The van der Waals surface area contributed by atoms with Gasteiger partial charge in [0.2, 0.25) is 0 Å². The van der Waals surface area contributed by atoms with E-state index in [2.05, 4.69) is 43.9 Å². The summed E-state index contributed by atoms with van der Waals surface area (Å²) in [6.45, 7) is 11.5. The van der Waals surface area contributed by atoms with Crippen LogP contribution in [0.15, 0.2) is 24.3 Å². The first kappa shape index (κ1) is 17.6. The summed E-state index contributed by atoms with van der Waals surface area (Å²) in [7, 11) is 0. The molecular formula is C20H30N2O. The van der Waals surface area contributed by atoms with E-state index in [0.29, 0.717) is 6.61 Å². The van der Waals surface area contributed by atoms with Gasteiger partial charge in [-0.15, -0.1) is 0 Å². The monoisotopic (exact) mass is 314 g/mol. The number of aromatic nitrogens is 1. The summed E-state index contributed by atoms with van der Waals surface area (Å²) in [4.78, 5) is 7.23. The highest BCUT2D eigenvalue weighted by atomic mass is 16.5. The van der Waals surface area contributed by atoms with Crippen molar-refractivity contribution in [1.82, 2.24) is 4.98 Å². The predicted octanol–water partition coefficient (Wildman–Crippen LogP) is 5.35. The quantitative estimate of drug-likeness (QED) is 0.624. The van der Waals surface area contributed by atoms with Gasteiger partial charge in [0.15, 0.2) is 0 Å². The fourth-order valence-electron chi connectivity index (χ4n) is 2.88. The highest BCUT2D eigenvalue weighted by Gasteiger charge is 2.12. The van der Waals surface area contributed by atoms with Crippen molar-refractivity contribution < 1.29 is 4.74 Å². The minimum Gasteiger partial charge on any atom is -0.494 e. The first-order valence-corrected chi connectivity index (χ1v) is 8.98. The minimum absolute atomic E-state index is 0.690. The van der Waals surface area contributed by atoms with Crippen LogP contribution in [0.25, 0.3) is 10.9 Å². The number of anilines is 1. The zero-order chi connectivity index (χ0) is 16.7. The maximum absolute atomic E-state index is 5.69. The molecule has 2 aromatic rings. The summed E-state index contributed by atoms with van der Waals surface area (Å²) in [6.07, 6.45) is 4.87. The van der Waals surface area contributed by atoms with Crippen LogP contribution in [-0.2, 0) is 0 Å². The molecule has 0 saturated heterocycles. The van der Waals surface area contributed by atoms with E-state index in [4.69, 9.17) is 9.72 Å². The maximum Gasteiger partial charge on any atom is 0.120 e. The molecular weight excluding hydrogens is 284 g/mol. The molecule has 0 aliphatic carbocycles. The lowest BCUT2D eigenvalue weighted by Crippen LogP contribution is -2.26. The summed E-state index contributed by atoms with van der Waals surface area (Å²) < 4.78 is 5.69. The third kappa shape index (κ3) is 4.60. The van der Waals surface area contributed by atoms with Gasteiger partial charge in [-0.25, -0.2) is 0 Å². The summed E-state index contributed by atoms with van der Waals surface area (Å²) in [5, 5.41) is 1.20. The average Bonchev–Trinajstić information content (AvgIpc) is 2.55. The van der Waals surface area contributed by atoms with E-state index >= 15 is 0 Å². The standard InChI is InChI=1S/C20H30N2O/c1-5-8-12-22(13-9-6-2)20-14-16(4)21-19-11-10-17(23-7-3)15-18(19)20/h10-11,14-15H,5-9,12-13H2,1-4H3. The number of fused-ring (bicyclic) bond motifs is 1. The lowest BCUT2D eigenvalue weighted by atomic mass is 10.1. The van der Waals surface area contributed by atoms with E-state index in [1.165, 1.54) is 36.8 Å². The Labute approximate surface area is 140 Å². The predicted molar refractivity (Wildman–Crippen MR) is 99.7 cm³/mol. The fourth-order valence-corrected chi connectivity index (χ4v) is 2.88. The first-order valence-electron chi connectivity index (χ1n) is 8.98. The van der Waals surface area contributed by atoms with Gasteiger partial charge in [0.25, 0.3) is 0 Å². The zero-order valence-corrected chi connectivity index (χ0v) is 15.1. The van der Waals surface area contributed by atoms with Crippen molar-refractivity contribution in [3.8, 4) is 5.75 Å². The van der Waals surface area contributed by atoms with Gasteiger partial charge in [-0.1, -0.05) is 26.7 Å². The SMILES string of the molecule is CCCCN(CCCC)c1cc(C)nc2ccc(OCC)cc12. The number of pyridine rings is 1. The number of unbranched alkanes of at least 4 members (excludes halogenated alkanes) is 2. The molecule has 1 heterocycles. The maximum atomic E-state index is 5.69. The molecule has 0 unspecified atom stereocenters. The van der Waals surface area contributed by atoms with Crippen molar-refractivity contribution in [3.63, 3.8) is 0 Å². The largest absolute Gasteiger partial charge is 0.494 e. The Hall–Kier alpha value is -1.77. The molecule has 1 aromatic heterocycles. The molecule has 1 aromatic carbocycles. The van der Waals surface area contributed by atoms with Gasteiger partial charge >= 0.3 is 0 Å². The second-order valence-electron chi connectivity index (χ2n) is 6.09. The molecule has 0 amide bonds. The molecule has 126 valence electrons. The summed E-state index contributed by atoms with van der Waals surface area (Å²) >= 11 is 0. The Morgan fingerprint density at radius 3 is 2.30 bits per heavy atom. The van der Waals surface area contributed by atoms with E-state index in [-0.39, 0.29) is 0 Å². The Morgan fingerprint density at radius 1 is 1.00 bits per heavy atom. The molecule has 0 aliphatic heterocycles. The number of aryl methyl sites for hydroxylation is 1. The van der Waals surface area contributed by atoms with Crippen molar-refractivity contribution in [2.45, 2.75) is 53.4 Å². The molecule has 0 fully saturated rings. The Balaban J connectivity index is 2.46. The number of ether oxygens (including phenoxy) is 1. The van der Waals surface area contributed by atoms with Crippen molar-refractivity contribution in [2.24, 2.45) is 0 Å². The number of nitrogens with zero attached hydrogens (tertiary/aromatic N) is 2. The molecule has 0 bridgehead atoms. The lowest BCUT2D eigenvalue weighted by molar-refractivity contribution is 0.340. The fraction of sp³-hybridized carbons (Fsp3) is 0.550. The van der Waals surface area contributed by atoms with Gasteiger partial charge in [-0.2, -0.15) is 0 Å². The van der Waals surface area contributed by atoms with Gasteiger partial charge in [-0.05, 0) is 51.0 Å². The topological polar surface area (TPSA) is 25.4 Å². The van der Waals surface area contributed by atoms with Crippen LogP contribution < -0.4 is 9.64 Å². The van der Waals surface area contributed by atoms with Crippen LogP contribution in [0.4, 0.5) is 5.69 Å². The van der Waals surface area contributed by atoms with Gasteiger partial charge in [0.1, 0.15) is 5.75 Å². The van der Waals surface area contributed by atoms with E-state index < -0.39 is 0 Å². The third-order valence-corrected chi connectivity index (χ3v) is 4.10. The summed E-state index contributed by atoms with van der Waals surface area (Å²) in [6, 6.07) is 8.47. The molecule has 0 saturated carbocycles. The highest BCUT2D eigenvalue weighted by Crippen LogP contribution is 2.30. The second-order valence-corrected chi connectivity index (χ2v) is 6.09. The van der Waals surface area contributed by atoms with Crippen LogP contribution in [0, 0.1) is 6.92 Å². The average molecular weight is 314 g/mol. The minimum atomic E-state index is 0.690. The molecule has 23 heavy (non-hydrogen) atoms. The van der Waals surface area contributed by atoms with Gasteiger partial charge in [0.05, 0.1) is 12.1 Å². The molecule has 0 spiro atoms. The number of hydrogen-bond acceptors (Lipinski definition) is 3. The van der Waals surface area contributed by atoms with Crippen LogP contribution >= 0.6 is 0 Å². The third-order valence-electron chi connectivity index (χ3n) is 4.10. The molecule has 2 rings (SSSR count). The Kier molecular flexibility index (Phi) is 6.69. The molecule has 3 nitrogen and oxygen atoms in total. The van der Waals surface area contributed by atoms with Gasteiger partial charge in [0, 0.05) is 29.9 Å². The molecule has 0 atom stereocenters. The van der Waals surface area contributed by atoms with Crippen molar-refractivity contribution in [3.05, 3.63) is 30.0 Å². The second kappa shape index (κ2) is 8.76. The molecule has 0 radical (unpaired) electrons. The van der Waals surface area contributed by atoms with Crippen molar-refractivity contribution in [2.75, 3.05) is 24.6 Å². The summed E-state index contributed by atoms with van der Waals surface area (Å²) in [5.74, 6) is 0.929. The number of hydrogen-bond donors (Lipinski definition) is 0. The van der Waals surface area contributed by atoms with Crippen LogP contribution in [0.5, 0.6) is 5.75 Å². The van der Waals surface area contributed by atoms with Crippen LogP contribution in [0.1, 0.15) is 52.1 Å². The number of benzene rings is 1. The first-order chi connectivity index (χ1) is 11.2. The van der Waals surface area contributed by atoms with Gasteiger partial charge in [-0.3, -0.25) is 4.98 Å². The highest BCUT2D eigenvalue weighted by molar-refractivity contribution is 5.93. The van der Waals surface area contributed by atoms with E-state index in [1.54, 1.807) is 0 Å². The van der Waals surface area contributed by atoms with Crippen molar-refractivity contribution >= 4 is 16.6 Å². The van der Waals surface area contributed by atoms with Crippen LogP contribution in [-0.4, -0.2) is 24.7 Å². The van der Waals surface area contributed by atoms with Gasteiger partial charge < -0.3 is 9.64 Å². The lowest BCUT2D eigenvalue weighted by Gasteiger charge is -2.26. The molecule has 0 N–H and O–H groups in total. The summed E-state index contributed by atoms with van der Waals surface area (Å²) in [5.41, 5.74) is 3.44. The smallest absolute Gasteiger partial charge is 0.120 e. The van der Waals surface area contributed by atoms with Crippen LogP contribution in [0.3, 0.4) is 0 Å².